The second-order valence-electron chi connectivity index (χ2n) is 7.13. The van der Waals surface area contributed by atoms with Crippen molar-refractivity contribution in [2.75, 3.05) is 11.9 Å². The zero-order valence-electron chi connectivity index (χ0n) is 16.3. The Kier molecular flexibility index (Phi) is 4.69. The number of nitrogens with one attached hydrogen (secondary N) is 1. The summed E-state index contributed by atoms with van der Waals surface area (Å²) in [6.45, 7) is 0.675. The van der Waals surface area contributed by atoms with E-state index in [0.29, 0.717) is 6.54 Å². The molecule has 0 unspecified atom stereocenters. The Hall–Kier alpha value is -3.64. The number of fused-ring (bicyclic) bond motifs is 1. The van der Waals surface area contributed by atoms with E-state index >= 15 is 0 Å². The van der Waals surface area contributed by atoms with Crippen LogP contribution in [-0.2, 0) is 6.54 Å². The fourth-order valence-electron chi connectivity index (χ4n) is 3.49. The highest BCUT2D eigenvalue weighted by Crippen LogP contribution is 2.25. The molecule has 3 heterocycles. The number of hydrogen-bond acceptors (Lipinski definition) is 4. The van der Waals surface area contributed by atoms with Gasteiger partial charge in [0.25, 0.3) is 0 Å². The molecule has 0 bridgehead atoms. The highest BCUT2D eigenvalue weighted by atomic mass is 35.5. The zero-order valence-corrected chi connectivity index (χ0v) is 17.1. The van der Waals surface area contributed by atoms with Crippen molar-refractivity contribution in [3.63, 3.8) is 0 Å². The van der Waals surface area contributed by atoms with E-state index < -0.39 is 0 Å². The predicted octanol–water partition coefficient (Wildman–Crippen LogP) is 5.08. The Balaban J connectivity index is 1.43. The van der Waals surface area contributed by atoms with Gasteiger partial charge in [-0.15, -0.1) is 0 Å². The van der Waals surface area contributed by atoms with Gasteiger partial charge in [-0.3, -0.25) is 14.5 Å². The molecule has 0 amide bonds. The van der Waals surface area contributed by atoms with Crippen molar-refractivity contribution in [2.45, 2.75) is 6.54 Å². The van der Waals surface area contributed by atoms with E-state index in [1.165, 1.54) is 0 Å². The second-order valence-corrected chi connectivity index (χ2v) is 7.57. The Morgan fingerprint density at radius 1 is 0.933 bits per heavy atom. The molecule has 0 saturated heterocycles. The maximum absolute atomic E-state index is 6.00. The SMILES string of the molecule is CN(Cc1cn2c(-c3ccc(-c4ccn[nH]4)cc3)cnc2cn1)c1ccc(Cl)cc1. The summed E-state index contributed by atoms with van der Waals surface area (Å²) >= 11 is 6.00. The van der Waals surface area contributed by atoms with Gasteiger partial charge in [-0.1, -0.05) is 35.9 Å². The van der Waals surface area contributed by atoms with Gasteiger partial charge in [-0.05, 0) is 35.9 Å². The molecule has 0 aliphatic carbocycles. The normalized spacial score (nSPS) is 11.1. The van der Waals surface area contributed by atoms with E-state index in [4.69, 9.17) is 11.6 Å². The Morgan fingerprint density at radius 2 is 1.70 bits per heavy atom. The average molecular weight is 415 g/mol. The summed E-state index contributed by atoms with van der Waals surface area (Å²) in [6.07, 6.45) is 7.50. The highest BCUT2D eigenvalue weighted by Gasteiger charge is 2.10. The molecule has 7 heteroatoms. The van der Waals surface area contributed by atoms with Crippen LogP contribution < -0.4 is 4.90 Å². The number of aromatic nitrogens is 5. The molecule has 0 saturated carbocycles. The summed E-state index contributed by atoms with van der Waals surface area (Å²) < 4.78 is 2.09. The third kappa shape index (κ3) is 3.53. The topological polar surface area (TPSA) is 62.1 Å². The average Bonchev–Trinajstić information content (AvgIpc) is 3.44. The lowest BCUT2D eigenvalue weighted by atomic mass is 10.1. The first-order valence-corrected chi connectivity index (χ1v) is 9.94. The van der Waals surface area contributed by atoms with Crippen molar-refractivity contribution in [3.8, 4) is 22.5 Å². The second kappa shape index (κ2) is 7.65. The predicted molar refractivity (Wildman–Crippen MR) is 120 cm³/mol. The quantitative estimate of drug-likeness (QED) is 0.435. The van der Waals surface area contributed by atoms with E-state index in [1.54, 1.807) is 6.20 Å². The van der Waals surface area contributed by atoms with Gasteiger partial charge in [0, 0.05) is 35.7 Å². The van der Waals surface area contributed by atoms with Crippen LogP contribution in [0, 0.1) is 0 Å². The summed E-state index contributed by atoms with van der Waals surface area (Å²) in [4.78, 5) is 11.2. The first kappa shape index (κ1) is 18.4. The molecule has 1 N–H and O–H groups in total. The van der Waals surface area contributed by atoms with E-state index in [-0.39, 0.29) is 0 Å². The zero-order chi connectivity index (χ0) is 20.5. The summed E-state index contributed by atoms with van der Waals surface area (Å²) in [6, 6.07) is 18.1. The minimum atomic E-state index is 0.675. The fourth-order valence-corrected chi connectivity index (χ4v) is 3.62. The Morgan fingerprint density at radius 3 is 2.43 bits per heavy atom. The van der Waals surface area contributed by atoms with Gasteiger partial charge in [0.1, 0.15) is 0 Å². The van der Waals surface area contributed by atoms with Crippen LogP contribution in [0.25, 0.3) is 28.2 Å². The number of imidazole rings is 1. The van der Waals surface area contributed by atoms with Gasteiger partial charge in [-0.2, -0.15) is 5.10 Å². The van der Waals surface area contributed by atoms with Crippen LogP contribution in [0.4, 0.5) is 5.69 Å². The molecule has 5 aromatic rings. The van der Waals surface area contributed by atoms with Crippen molar-refractivity contribution in [1.29, 1.82) is 0 Å². The van der Waals surface area contributed by atoms with Crippen LogP contribution in [0.3, 0.4) is 0 Å². The number of anilines is 1. The molecule has 148 valence electrons. The number of benzene rings is 2. The molecule has 0 fully saturated rings. The Bertz CT molecular complexity index is 1270. The molecule has 6 nitrogen and oxygen atoms in total. The highest BCUT2D eigenvalue weighted by molar-refractivity contribution is 6.30. The monoisotopic (exact) mass is 414 g/mol. The Labute approximate surface area is 178 Å². The third-order valence-electron chi connectivity index (χ3n) is 5.11. The summed E-state index contributed by atoms with van der Waals surface area (Å²) in [5, 5.41) is 7.74. The molecule has 30 heavy (non-hydrogen) atoms. The van der Waals surface area contributed by atoms with Crippen molar-refractivity contribution in [1.82, 2.24) is 24.6 Å². The van der Waals surface area contributed by atoms with E-state index in [2.05, 4.69) is 53.7 Å². The number of rotatable bonds is 5. The first-order chi connectivity index (χ1) is 14.7. The number of H-pyrrole nitrogens is 1. The molecule has 0 spiro atoms. The van der Waals surface area contributed by atoms with Gasteiger partial charge < -0.3 is 4.90 Å². The molecular weight excluding hydrogens is 396 g/mol. The van der Waals surface area contributed by atoms with Gasteiger partial charge in [0.15, 0.2) is 5.65 Å². The van der Waals surface area contributed by atoms with Gasteiger partial charge in [-0.25, -0.2) is 4.98 Å². The van der Waals surface area contributed by atoms with Crippen LogP contribution in [0.1, 0.15) is 5.69 Å². The van der Waals surface area contributed by atoms with Crippen LogP contribution in [-0.4, -0.2) is 31.6 Å². The number of halogens is 1. The molecule has 0 radical (unpaired) electrons. The number of aromatic amines is 1. The van der Waals surface area contributed by atoms with Crippen molar-refractivity contribution >= 4 is 22.9 Å². The molecule has 0 aliphatic heterocycles. The molecule has 0 aliphatic rings. The first-order valence-electron chi connectivity index (χ1n) is 9.56. The lowest BCUT2D eigenvalue weighted by Crippen LogP contribution is -2.17. The van der Waals surface area contributed by atoms with Crippen LogP contribution in [0.5, 0.6) is 0 Å². The van der Waals surface area contributed by atoms with Crippen LogP contribution in [0.15, 0.2) is 79.4 Å². The van der Waals surface area contributed by atoms with Gasteiger partial charge in [0.05, 0.1) is 36.0 Å². The maximum Gasteiger partial charge on any atom is 0.155 e. The summed E-state index contributed by atoms with van der Waals surface area (Å²) in [5.41, 5.74) is 7.07. The number of hydrogen-bond donors (Lipinski definition) is 1. The summed E-state index contributed by atoms with van der Waals surface area (Å²) in [7, 11) is 2.04. The number of nitrogens with zero attached hydrogens (tertiary/aromatic N) is 5. The van der Waals surface area contributed by atoms with Crippen molar-refractivity contribution in [2.24, 2.45) is 0 Å². The lowest BCUT2D eigenvalue weighted by Gasteiger charge is -2.19. The van der Waals surface area contributed by atoms with Crippen LogP contribution >= 0.6 is 11.6 Å². The lowest BCUT2D eigenvalue weighted by molar-refractivity contribution is 0.869. The van der Waals surface area contributed by atoms with E-state index in [1.807, 2.05) is 56.0 Å². The molecule has 3 aromatic heterocycles. The maximum atomic E-state index is 6.00. The molecular formula is C23H19ClN6. The van der Waals surface area contributed by atoms with E-state index in [0.717, 1.165) is 44.6 Å². The molecule has 2 aromatic carbocycles. The minimum absolute atomic E-state index is 0.675. The molecule has 5 rings (SSSR count). The smallest absolute Gasteiger partial charge is 0.155 e. The van der Waals surface area contributed by atoms with Gasteiger partial charge in [0.2, 0.25) is 0 Å². The standard InChI is InChI=1S/C23H19ClN6/c1-29(20-8-6-18(24)7-9-20)14-19-15-30-22(12-26-23(30)13-25-19)17-4-2-16(3-5-17)21-10-11-27-28-21/h2-13,15H,14H2,1H3,(H,27,28). The van der Waals surface area contributed by atoms with Crippen molar-refractivity contribution < 1.29 is 0 Å². The minimum Gasteiger partial charge on any atom is -0.369 e. The summed E-state index contributed by atoms with van der Waals surface area (Å²) in [5.74, 6) is 0. The van der Waals surface area contributed by atoms with Gasteiger partial charge >= 0.3 is 0 Å². The van der Waals surface area contributed by atoms with E-state index in [9.17, 15) is 0 Å². The third-order valence-corrected chi connectivity index (χ3v) is 5.36. The van der Waals surface area contributed by atoms with Crippen molar-refractivity contribution in [3.05, 3.63) is 90.1 Å². The largest absolute Gasteiger partial charge is 0.369 e. The molecule has 0 atom stereocenters. The fraction of sp³-hybridized carbons (Fsp3) is 0.0870. The van der Waals surface area contributed by atoms with Crippen LogP contribution in [0.2, 0.25) is 5.02 Å².